The molecule has 1 aliphatic heterocycles. The van der Waals surface area contributed by atoms with Gasteiger partial charge in [-0.2, -0.15) is 0 Å². The van der Waals surface area contributed by atoms with Gasteiger partial charge >= 0.3 is 0 Å². The third-order valence-corrected chi connectivity index (χ3v) is 4.35. The van der Waals surface area contributed by atoms with Crippen LogP contribution in [0.5, 0.6) is 5.75 Å². The number of piperazine rings is 1. The van der Waals surface area contributed by atoms with E-state index in [1.54, 1.807) is 7.11 Å². The quantitative estimate of drug-likeness (QED) is 0.789. The van der Waals surface area contributed by atoms with Gasteiger partial charge in [-0.3, -0.25) is 9.69 Å². The van der Waals surface area contributed by atoms with Crippen molar-refractivity contribution in [2.75, 3.05) is 50.1 Å². The topological polar surface area (TPSA) is 57.7 Å². The van der Waals surface area contributed by atoms with Gasteiger partial charge in [0.15, 0.2) is 0 Å². The van der Waals surface area contributed by atoms with Crippen molar-refractivity contribution >= 4 is 42.2 Å². The number of rotatable bonds is 6. The molecule has 1 aliphatic rings. The van der Waals surface area contributed by atoms with E-state index in [4.69, 9.17) is 4.74 Å². The van der Waals surface area contributed by atoms with E-state index in [9.17, 15) is 4.79 Å². The van der Waals surface area contributed by atoms with Crippen LogP contribution in [0.2, 0.25) is 0 Å². The summed E-state index contributed by atoms with van der Waals surface area (Å²) in [6, 6.07) is 13.4. The number of methoxy groups -OCH3 is 1. The standard InChI is InChI=1S/C19H24N4O2.2ClH/c1-25-17-6-4-5-16(15-17)21-19(24)8-10-22-11-13-23(14-12-22)18-7-2-3-9-20-18;;/h2-7,9,15H,8,10-14H2,1H3,(H,21,24);2*1H. The summed E-state index contributed by atoms with van der Waals surface area (Å²) in [4.78, 5) is 21.1. The second-order valence-corrected chi connectivity index (χ2v) is 6.05. The van der Waals surface area contributed by atoms with E-state index in [1.807, 2.05) is 48.7 Å². The zero-order chi connectivity index (χ0) is 17.5. The molecule has 8 heteroatoms. The van der Waals surface area contributed by atoms with Gasteiger partial charge < -0.3 is 15.0 Å². The molecular formula is C19H26Cl2N4O2. The highest BCUT2D eigenvalue weighted by molar-refractivity contribution is 5.91. The van der Waals surface area contributed by atoms with Crippen LogP contribution in [0.15, 0.2) is 48.7 Å². The molecule has 0 unspecified atom stereocenters. The van der Waals surface area contributed by atoms with Crippen LogP contribution in [-0.4, -0.2) is 55.6 Å². The summed E-state index contributed by atoms with van der Waals surface area (Å²) in [5, 5.41) is 2.92. The van der Waals surface area contributed by atoms with E-state index in [0.717, 1.165) is 50.0 Å². The molecule has 0 spiro atoms. The lowest BCUT2D eigenvalue weighted by atomic mass is 10.2. The summed E-state index contributed by atoms with van der Waals surface area (Å²) in [7, 11) is 1.62. The molecule has 1 fully saturated rings. The van der Waals surface area contributed by atoms with Crippen LogP contribution >= 0.6 is 24.8 Å². The first-order valence-electron chi connectivity index (χ1n) is 8.57. The first-order chi connectivity index (χ1) is 12.2. The first kappa shape index (κ1) is 23.0. The Balaban J connectivity index is 0.00000182. The van der Waals surface area contributed by atoms with Crippen molar-refractivity contribution in [1.29, 1.82) is 0 Å². The maximum Gasteiger partial charge on any atom is 0.225 e. The van der Waals surface area contributed by atoms with Gasteiger partial charge in [0.05, 0.1) is 7.11 Å². The third kappa shape index (κ3) is 6.90. The van der Waals surface area contributed by atoms with Crippen molar-refractivity contribution in [2.24, 2.45) is 0 Å². The molecule has 1 aromatic heterocycles. The number of hydrogen-bond acceptors (Lipinski definition) is 5. The Labute approximate surface area is 172 Å². The van der Waals surface area contributed by atoms with Crippen LogP contribution in [0.1, 0.15) is 6.42 Å². The molecule has 1 aromatic carbocycles. The molecule has 0 atom stereocenters. The lowest BCUT2D eigenvalue weighted by Crippen LogP contribution is -2.47. The number of nitrogens with one attached hydrogen (secondary N) is 1. The highest BCUT2D eigenvalue weighted by Gasteiger charge is 2.18. The second-order valence-electron chi connectivity index (χ2n) is 6.05. The number of pyridine rings is 1. The summed E-state index contributed by atoms with van der Waals surface area (Å²) in [5.41, 5.74) is 0.768. The van der Waals surface area contributed by atoms with Gasteiger partial charge in [0.2, 0.25) is 5.91 Å². The zero-order valence-corrected chi connectivity index (χ0v) is 17.0. The molecule has 148 valence electrons. The molecule has 1 saturated heterocycles. The molecule has 0 radical (unpaired) electrons. The third-order valence-electron chi connectivity index (χ3n) is 4.35. The normalized spacial score (nSPS) is 13.9. The van der Waals surface area contributed by atoms with E-state index < -0.39 is 0 Å². The van der Waals surface area contributed by atoms with Crippen molar-refractivity contribution in [3.8, 4) is 5.75 Å². The number of aromatic nitrogens is 1. The fourth-order valence-electron chi connectivity index (χ4n) is 2.93. The fourth-order valence-corrected chi connectivity index (χ4v) is 2.93. The molecule has 6 nitrogen and oxygen atoms in total. The molecule has 1 amide bonds. The number of benzene rings is 1. The number of carbonyl (C=O) groups is 1. The number of nitrogens with zero attached hydrogens (tertiary/aromatic N) is 3. The van der Waals surface area contributed by atoms with Crippen LogP contribution < -0.4 is 15.0 Å². The Morgan fingerprint density at radius 2 is 1.89 bits per heavy atom. The minimum atomic E-state index is 0. The van der Waals surface area contributed by atoms with E-state index in [0.29, 0.717) is 6.42 Å². The van der Waals surface area contributed by atoms with Crippen LogP contribution in [0, 0.1) is 0 Å². The van der Waals surface area contributed by atoms with Crippen LogP contribution in [0.25, 0.3) is 0 Å². The monoisotopic (exact) mass is 412 g/mol. The van der Waals surface area contributed by atoms with Gasteiger partial charge in [0, 0.05) is 57.1 Å². The first-order valence-corrected chi connectivity index (χ1v) is 8.57. The van der Waals surface area contributed by atoms with Crippen LogP contribution in [0.4, 0.5) is 11.5 Å². The number of hydrogen-bond donors (Lipinski definition) is 1. The van der Waals surface area contributed by atoms with Crippen LogP contribution in [-0.2, 0) is 4.79 Å². The number of carbonyl (C=O) groups excluding carboxylic acids is 1. The minimum Gasteiger partial charge on any atom is -0.497 e. The Bertz CT molecular complexity index is 695. The van der Waals surface area contributed by atoms with Crippen molar-refractivity contribution in [2.45, 2.75) is 6.42 Å². The van der Waals surface area contributed by atoms with E-state index in [-0.39, 0.29) is 30.7 Å². The highest BCUT2D eigenvalue weighted by atomic mass is 35.5. The molecule has 0 saturated carbocycles. The van der Waals surface area contributed by atoms with Gasteiger partial charge in [-0.05, 0) is 24.3 Å². The van der Waals surface area contributed by atoms with E-state index in [2.05, 4.69) is 20.1 Å². The SMILES string of the molecule is COc1cccc(NC(=O)CCN2CCN(c3ccccn3)CC2)c1.Cl.Cl. The maximum absolute atomic E-state index is 12.1. The highest BCUT2D eigenvalue weighted by Crippen LogP contribution is 2.17. The van der Waals surface area contributed by atoms with Crippen molar-refractivity contribution in [3.05, 3.63) is 48.7 Å². The molecule has 2 heterocycles. The number of halogens is 2. The van der Waals surface area contributed by atoms with Crippen molar-refractivity contribution in [1.82, 2.24) is 9.88 Å². The average Bonchev–Trinajstić information content (AvgIpc) is 2.67. The molecule has 0 bridgehead atoms. The summed E-state index contributed by atoms with van der Waals surface area (Å²) in [5.74, 6) is 1.79. The van der Waals surface area contributed by atoms with Gasteiger partial charge in [0.1, 0.15) is 11.6 Å². The molecule has 27 heavy (non-hydrogen) atoms. The smallest absolute Gasteiger partial charge is 0.225 e. The molecule has 2 aromatic rings. The van der Waals surface area contributed by atoms with Gasteiger partial charge in [0.25, 0.3) is 0 Å². The van der Waals surface area contributed by atoms with Crippen LogP contribution in [0.3, 0.4) is 0 Å². The predicted octanol–water partition coefficient (Wildman–Crippen LogP) is 3.08. The Morgan fingerprint density at radius 3 is 2.56 bits per heavy atom. The van der Waals surface area contributed by atoms with Gasteiger partial charge in [-0.15, -0.1) is 24.8 Å². The fraction of sp³-hybridized carbons (Fsp3) is 0.368. The average molecular weight is 413 g/mol. The Morgan fingerprint density at radius 1 is 1.11 bits per heavy atom. The van der Waals surface area contributed by atoms with Gasteiger partial charge in [-0.1, -0.05) is 12.1 Å². The summed E-state index contributed by atoms with van der Waals surface area (Å²) in [6.45, 7) is 4.54. The maximum atomic E-state index is 12.1. The minimum absolute atomic E-state index is 0. The van der Waals surface area contributed by atoms with Gasteiger partial charge in [-0.25, -0.2) is 4.98 Å². The summed E-state index contributed by atoms with van der Waals surface area (Å²) < 4.78 is 5.17. The molecule has 3 rings (SSSR count). The number of ether oxygens (including phenoxy) is 1. The summed E-state index contributed by atoms with van der Waals surface area (Å²) in [6.07, 6.45) is 2.31. The molecule has 0 aliphatic carbocycles. The Kier molecular flexibility index (Phi) is 9.93. The Hall–Kier alpha value is -2.02. The van der Waals surface area contributed by atoms with Crippen molar-refractivity contribution in [3.63, 3.8) is 0 Å². The lowest BCUT2D eigenvalue weighted by Gasteiger charge is -2.35. The zero-order valence-electron chi connectivity index (χ0n) is 15.3. The largest absolute Gasteiger partial charge is 0.497 e. The number of amides is 1. The van der Waals surface area contributed by atoms with E-state index in [1.165, 1.54) is 0 Å². The predicted molar refractivity (Wildman–Crippen MR) is 114 cm³/mol. The summed E-state index contributed by atoms with van der Waals surface area (Å²) >= 11 is 0. The molecule has 1 N–H and O–H groups in total. The second kappa shape index (κ2) is 11.6. The van der Waals surface area contributed by atoms with E-state index >= 15 is 0 Å². The van der Waals surface area contributed by atoms with Crippen molar-refractivity contribution < 1.29 is 9.53 Å². The molecular weight excluding hydrogens is 387 g/mol. The number of anilines is 2. The lowest BCUT2D eigenvalue weighted by molar-refractivity contribution is -0.116.